The van der Waals surface area contributed by atoms with Crippen molar-refractivity contribution in [1.82, 2.24) is 15.4 Å². The van der Waals surface area contributed by atoms with E-state index in [1.807, 2.05) is 0 Å². The molecular weight excluding hydrogens is 374 g/mol. The van der Waals surface area contributed by atoms with Crippen molar-refractivity contribution in [2.24, 2.45) is 0 Å². The first-order valence-corrected chi connectivity index (χ1v) is 7.54. The SMILES string of the molecule is C=CCONC(=O)c1nc(-c2ccc(Cl)c(OC)c2F)nc(N)c1Cl. The van der Waals surface area contributed by atoms with Gasteiger partial charge in [-0.3, -0.25) is 9.63 Å². The molecule has 1 amide bonds. The summed E-state index contributed by atoms with van der Waals surface area (Å²) in [5.41, 5.74) is 7.47. The number of amides is 1. The molecule has 1 aromatic heterocycles. The van der Waals surface area contributed by atoms with Crippen molar-refractivity contribution in [1.29, 1.82) is 0 Å². The second kappa shape index (κ2) is 8.11. The molecule has 2 rings (SSSR count). The van der Waals surface area contributed by atoms with Crippen molar-refractivity contribution in [3.8, 4) is 17.1 Å². The third-order valence-corrected chi connectivity index (χ3v) is 3.62. The van der Waals surface area contributed by atoms with Gasteiger partial charge in [-0.1, -0.05) is 29.3 Å². The molecular formula is C15H13Cl2FN4O3. The minimum atomic E-state index is -0.800. The molecule has 0 saturated heterocycles. The van der Waals surface area contributed by atoms with E-state index in [-0.39, 0.29) is 45.3 Å². The lowest BCUT2D eigenvalue weighted by Gasteiger charge is -2.11. The number of hydrogen-bond donors (Lipinski definition) is 2. The van der Waals surface area contributed by atoms with Gasteiger partial charge in [-0.2, -0.15) is 0 Å². The van der Waals surface area contributed by atoms with Crippen LogP contribution < -0.4 is 16.0 Å². The summed E-state index contributed by atoms with van der Waals surface area (Å²) in [5.74, 6) is -2.12. The number of carbonyl (C=O) groups excluding carboxylic acids is 1. The molecule has 0 spiro atoms. The van der Waals surface area contributed by atoms with Crippen LogP contribution in [0.1, 0.15) is 10.5 Å². The van der Waals surface area contributed by atoms with Gasteiger partial charge in [0, 0.05) is 0 Å². The first kappa shape index (κ1) is 18.9. The summed E-state index contributed by atoms with van der Waals surface area (Å²) in [5, 5.41) is -0.119. The molecule has 10 heteroatoms. The van der Waals surface area contributed by atoms with Crippen LogP contribution in [0, 0.1) is 5.82 Å². The number of ether oxygens (including phenoxy) is 1. The van der Waals surface area contributed by atoms with Crippen molar-refractivity contribution < 1.29 is 18.8 Å². The van der Waals surface area contributed by atoms with Gasteiger partial charge in [-0.05, 0) is 12.1 Å². The summed E-state index contributed by atoms with van der Waals surface area (Å²) in [4.78, 5) is 24.8. The van der Waals surface area contributed by atoms with Gasteiger partial charge in [0.25, 0.3) is 5.91 Å². The van der Waals surface area contributed by atoms with E-state index in [9.17, 15) is 9.18 Å². The van der Waals surface area contributed by atoms with Crippen LogP contribution >= 0.6 is 23.2 Å². The second-order valence-corrected chi connectivity index (χ2v) is 5.35. The van der Waals surface area contributed by atoms with Crippen LogP contribution in [0.3, 0.4) is 0 Å². The highest BCUT2D eigenvalue weighted by Crippen LogP contribution is 2.34. The Hall–Kier alpha value is -2.42. The fourth-order valence-electron chi connectivity index (χ4n) is 1.84. The monoisotopic (exact) mass is 386 g/mol. The zero-order valence-corrected chi connectivity index (χ0v) is 14.5. The Balaban J connectivity index is 2.50. The molecule has 1 aromatic carbocycles. The minimum absolute atomic E-state index is 0.0642. The largest absolute Gasteiger partial charge is 0.492 e. The first-order valence-electron chi connectivity index (χ1n) is 6.79. The minimum Gasteiger partial charge on any atom is -0.492 e. The van der Waals surface area contributed by atoms with Crippen molar-refractivity contribution >= 4 is 34.9 Å². The zero-order chi connectivity index (χ0) is 18.6. The average Bonchev–Trinajstić information content (AvgIpc) is 2.58. The van der Waals surface area contributed by atoms with Crippen LogP contribution in [0.15, 0.2) is 24.8 Å². The van der Waals surface area contributed by atoms with Crippen LogP contribution in [0.5, 0.6) is 5.75 Å². The van der Waals surface area contributed by atoms with Gasteiger partial charge in [-0.15, -0.1) is 6.58 Å². The molecule has 1 heterocycles. The Morgan fingerprint density at radius 3 is 2.80 bits per heavy atom. The molecule has 0 bridgehead atoms. The number of halogens is 3. The van der Waals surface area contributed by atoms with E-state index in [0.29, 0.717) is 0 Å². The molecule has 0 radical (unpaired) electrons. The van der Waals surface area contributed by atoms with Crippen LogP contribution in [0.4, 0.5) is 10.2 Å². The summed E-state index contributed by atoms with van der Waals surface area (Å²) in [6, 6.07) is 2.73. The Kier molecular flexibility index (Phi) is 6.13. The van der Waals surface area contributed by atoms with Crippen LogP contribution in [0.25, 0.3) is 11.4 Å². The van der Waals surface area contributed by atoms with E-state index >= 15 is 0 Å². The molecule has 7 nitrogen and oxygen atoms in total. The van der Waals surface area contributed by atoms with Gasteiger partial charge < -0.3 is 10.5 Å². The van der Waals surface area contributed by atoms with E-state index in [4.69, 9.17) is 38.5 Å². The average molecular weight is 387 g/mol. The van der Waals surface area contributed by atoms with Crippen molar-refractivity contribution in [2.75, 3.05) is 19.5 Å². The van der Waals surface area contributed by atoms with Crippen molar-refractivity contribution in [3.63, 3.8) is 0 Å². The standard InChI is InChI=1S/C15H13Cl2FN4O3/c1-3-6-25-22-15(23)11-9(17)13(19)21-14(20-11)7-4-5-8(16)12(24-2)10(7)18/h3-5H,1,6H2,2H3,(H,22,23)(H2,19,20,21). The summed E-state index contributed by atoms with van der Waals surface area (Å²) in [6.07, 6.45) is 1.43. The summed E-state index contributed by atoms with van der Waals surface area (Å²) < 4.78 is 19.4. The fraction of sp³-hybridized carbons (Fsp3) is 0.133. The maximum Gasteiger partial charge on any atom is 0.295 e. The van der Waals surface area contributed by atoms with Gasteiger partial charge in [-0.25, -0.2) is 19.8 Å². The molecule has 2 aromatic rings. The lowest BCUT2D eigenvalue weighted by molar-refractivity contribution is 0.0417. The van der Waals surface area contributed by atoms with Gasteiger partial charge in [0.15, 0.2) is 23.1 Å². The Bertz CT molecular complexity index is 833. The molecule has 3 N–H and O–H groups in total. The number of hydroxylamine groups is 1. The number of nitrogens with two attached hydrogens (primary N) is 1. The van der Waals surface area contributed by atoms with Gasteiger partial charge in [0.05, 0.1) is 24.3 Å². The molecule has 0 unspecified atom stereocenters. The number of carbonyl (C=O) groups is 1. The normalized spacial score (nSPS) is 10.4. The summed E-state index contributed by atoms with van der Waals surface area (Å²) in [7, 11) is 1.26. The summed E-state index contributed by atoms with van der Waals surface area (Å²) >= 11 is 11.8. The summed E-state index contributed by atoms with van der Waals surface area (Å²) in [6.45, 7) is 3.51. The predicted molar refractivity (Wildman–Crippen MR) is 92.0 cm³/mol. The highest BCUT2D eigenvalue weighted by atomic mass is 35.5. The Morgan fingerprint density at radius 1 is 1.44 bits per heavy atom. The number of hydrogen-bond acceptors (Lipinski definition) is 6. The number of rotatable bonds is 6. The predicted octanol–water partition coefficient (Wildman–Crippen LogP) is 3.03. The number of nitrogen functional groups attached to an aromatic ring is 1. The van der Waals surface area contributed by atoms with E-state index in [0.717, 1.165) is 0 Å². The number of anilines is 1. The smallest absolute Gasteiger partial charge is 0.295 e. The van der Waals surface area contributed by atoms with Crippen LogP contribution in [-0.4, -0.2) is 29.6 Å². The molecule has 25 heavy (non-hydrogen) atoms. The van der Waals surface area contributed by atoms with E-state index in [1.54, 1.807) is 0 Å². The molecule has 132 valence electrons. The number of methoxy groups -OCH3 is 1. The van der Waals surface area contributed by atoms with Crippen LogP contribution in [0.2, 0.25) is 10.0 Å². The van der Waals surface area contributed by atoms with E-state index < -0.39 is 11.7 Å². The molecule has 0 saturated carbocycles. The van der Waals surface area contributed by atoms with Crippen molar-refractivity contribution in [3.05, 3.63) is 46.3 Å². The fourth-order valence-corrected chi connectivity index (χ4v) is 2.24. The topological polar surface area (TPSA) is 99.4 Å². The zero-order valence-electron chi connectivity index (χ0n) is 13.0. The number of nitrogens with zero attached hydrogens (tertiary/aromatic N) is 2. The molecule has 0 fully saturated rings. The Morgan fingerprint density at radius 2 is 2.16 bits per heavy atom. The van der Waals surface area contributed by atoms with Crippen molar-refractivity contribution in [2.45, 2.75) is 0 Å². The maximum absolute atomic E-state index is 14.5. The van der Waals surface area contributed by atoms with E-state index in [2.05, 4.69) is 22.0 Å². The molecule has 0 aliphatic carbocycles. The molecule has 0 aliphatic rings. The quantitative estimate of drug-likeness (QED) is 0.449. The Labute approximate surface area is 152 Å². The molecule has 0 aliphatic heterocycles. The third kappa shape index (κ3) is 3.98. The van der Waals surface area contributed by atoms with Gasteiger partial charge in [0.1, 0.15) is 10.8 Å². The highest BCUT2D eigenvalue weighted by molar-refractivity contribution is 6.35. The van der Waals surface area contributed by atoms with Gasteiger partial charge >= 0.3 is 0 Å². The number of aromatic nitrogens is 2. The van der Waals surface area contributed by atoms with E-state index in [1.165, 1.54) is 25.3 Å². The molecule has 0 atom stereocenters. The lowest BCUT2D eigenvalue weighted by Crippen LogP contribution is -2.26. The van der Waals surface area contributed by atoms with Crippen LogP contribution in [-0.2, 0) is 4.84 Å². The first-order chi connectivity index (χ1) is 11.9. The third-order valence-electron chi connectivity index (χ3n) is 2.95. The number of nitrogens with one attached hydrogen (secondary N) is 1. The lowest BCUT2D eigenvalue weighted by atomic mass is 10.1. The second-order valence-electron chi connectivity index (χ2n) is 4.57. The highest BCUT2D eigenvalue weighted by Gasteiger charge is 2.22. The maximum atomic E-state index is 14.5. The van der Waals surface area contributed by atoms with Gasteiger partial charge in [0.2, 0.25) is 0 Å². The number of benzene rings is 1.